The predicted molar refractivity (Wildman–Crippen MR) is 112 cm³/mol. The summed E-state index contributed by atoms with van der Waals surface area (Å²) in [6, 6.07) is 9.10. The number of esters is 1. The maximum atomic E-state index is 13.4. The molecule has 2 saturated heterocycles. The summed E-state index contributed by atoms with van der Waals surface area (Å²) >= 11 is 0. The molecule has 1 aromatic carbocycles. The van der Waals surface area contributed by atoms with E-state index in [0.717, 1.165) is 12.8 Å². The molecule has 164 valence electrons. The smallest absolute Gasteiger partial charge is 0.361 e. The van der Waals surface area contributed by atoms with Gasteiger partial charge in [0.05, 0.1) is 23.9 Å². The number of benzene rings is 1. The SMILES string of the molecule is COP(=O)(OC1CC2CCC([C@H]1C(=O)OCCCCN=[N+]=[N-])N2C)c1ccccc1. The fourth-order valence-electron chi connectivity index (χ4n) is 4.43. The Bertz CT molecular complexity index is 817. The van der Waals surface area contributed by atoms with Gasteiger partial charge in [0, 0.05) is 30.6 Å². The van der Waals surface area contributed by atoms with Gasteiger partial charge in [-0.05, 0) is 56.8 Å². The minimum Gasteiger partial charge on any atom is -0.465 e. The molecule has 2 bridgehead atoms. The molecule has 2 heterocycles. The lowest BCUT2D eigenvalue weighted by Crippen LogP contribution is -2.53. The second-order valence-electron chi connectivity index (χ2n) is 7.71. The molecule has 2 fully saturated rings. The van der Waals surface area contributed by atoms with Crippen LogP contribution in [-0.4, -0.2) is 56.4 Å². The van der Waals surface area contributed by atoms with Crippen LogP contribution in [0.2, 0.25) is 0 Å². The number of hydrogen-bond donors (Lipinski definition) is 0. The number of carbonyl (C=O) groups is 1. The van der Waals surface area contributed by atoms with E-state index in [1.165, 1.54) is 7.11 Å². The summed E-state index contributed by atoms with van der Waals surface area (Å²) < 4.78 is 30.4. The van der Waals surface area contributed by atoms with Crippen LogP contribution in [0.5, 0.6) is 0 Å². The van der Waals surface area contributed by atoms with Crippen molar-refractivity contribution in [3.05, 3.63) is 40.8 Å². The Morgan fingerprint density at radius 2 is 2.07 bits per heavy atom. The lowest BCUT2D eigenvalue weighted by atomic mass is 9.88. The maximum absolute atomic E-state index is 13.4. The average Bonchev–Trinajstić information content (AvgIpc) is 2.99. The lowest BCUT2D eigenvalue weighted by Gasteiger charge is -2.42. The van der Waals surface area contributed by atoms with E-state index in [0.29, 0.717) is 31.1 Å². The zero-order valence-electron chi connectivity index (χ0n) is 17.4. The molecule has 0 radical (unpaired) electrons. The highest BCUT2D eigenvalue weighted by Gasteiger charge is 2.52. The fourth-order valence-corrected chi connectivity index (χ4v) is 5.96. The third kappa shape index (κ3) is 5.05. The van der Waals surface area contributed by atoms with Crippen LogP contribution in [0.25, 0.3) is 10.4 Å². The monoisotopic (exact) mass is 436 g/mol. The van der Waals surface area contributed by atoms with Crippen molar-refractivity contribution in [1.29, 1.82) is 0 Å². The summed E-state index contributed by atoms with van der Waals surface area (Å²) in [5, 5.41) is 3.95. The molecule has 3 rings (SSSR count). The average molecular weight is 436 g/mol. The van der Waals surface area contributed by atoms with E-state index in [1.54, 1.807) is 24.3 Å². The molecule has 9 nitrogen and oxygen atoms in total. The fraction of sp³-hybridized carbons (Fsp3) is 0.650. The number of azide groups is 1. The Morgan fingerprint density at radius 1 is 1.30 bits per heavy atom. The Morgan fingerprint density at radius 3 is 2.77 bits per heavy atom. The minimum absolute atomic E-state index is 0.00878. The van der Waals surface area contributed by atoms with Gasteiger partial charge in [-0.2, -0.15) is 0 Å². The molecule has 30 heavy (non-hydrogen) atoms. The number of nitrogens with zero attached hydrogens (tertiary/aromatic N) is 4. The van der Waals surface area contributed by atoms with Crippen LogP contribution in [0.15, 0.2) is 35.4 Å². The summed E-state index contributed by atoms with van der Waals surface area (Å²) in [7, 11) is -0.171. The molecule has 10 heteroatoms. The standard InChI is InChI=1S/C20H29N4O5P/c1-24-15-10-11-17(24)19(20(25)28-13-7-6-12-22-23-21)18(14-15)29-30(26,27-2)16-8-4-3-5-9-16/h3-5,8-9,15,17-19H,6-7,10-14H2,1-2H3/t15?,17?,18?,19-,30?/m1/s1. The Hall–Kier alpha value is -1.89. The summed E-state index contributed by atoms with van der Waals surface area (Å²) in [6.07, 6.45) is 3.18. The number of rotatable bonds is 10. The number of carbonyl (C=O) groups excluding carboxylic acids is 1. The molecule has 2 aliphatic rings. The number of unbranched alkanes of at least 4 members (excludes halogenated alkanes) is 1. The van der Waals surface area contributed by atoms with E-state index >= 15 is 0 Å². The lowest BCUT2D eigenvalue weighted by molar-refractivity contribution is -0.158. The maximum Gasteiger partial charge on any atom is 0.361 e. The van der Waals surface area contributed by atoms with E-state index in [1.807, 2.05) is 13.1 Å². The van der Waals surface area contributed by atoms with Crippen molar-refractivity contribution in [2.45, 2.75) is 50.3 Å². The van der Waals surface area contributed by atoms with Crippen LogP contribution in [0.4, 0.5) is 0 Å². The largest absolute Gasteiger partial charge is 0.465 e. The van der Waals surface area contributed by atoms with Gasteiger partial charge in [-0.1, -0.05) is 23.3 Å². The highest BCUT2D eigenvalue weighted by Crippen LogP contribution is 2.52. The van der Waals surface area contributed by atoms with Crippen LogP contribution in [0.3, 0.4) is 0 Å². The van der Waals surface area contributed by atoms with Gasteiger partial charge in [0.1, 0.15) is 0 Å². The first-order valence-corrected chi connectivity index (χ1v) is 11.8. The third-order valence-corrected chi connectivity index (χ3v) is 7.99. The molecule has 0 N–H and O–H groups in total. The van der Waals surface area contributed by atoms with Crippen LogP contribution in [0, 0.1) is 5.92 Å². The number of fused-ring (bicyclic) bond motifs is 2. The number of ether oxygens (including phenoxy) is 1. The molecule has 0 spiro atoms. The first-order valence-electron chi connectivity index (χ1n) is 10.3. The van der Waals surface area contributed by atoms with Crippen molar-refractivity contribution in [1.82, 2.24) is 4.90 Å². The Labute approximate surface area is 176 Å². The quantitative estimate of drug-likeness (QED) is 0.138. The van der Waals surface area contributed by atoms with Gasteiger partial charge in [-0.15, -0.1) is 0 Å². The van der Waals surface area contributed by atoms with Crippen molar-refractivity contribution in [2.75, 3.05) is 27.3 Å². The number of piperidine rings is 1. The molecule has 2 aliphatic heterocycles. The minimum atomic E-state index is -3.56. The molecule has 0 amide bonds. The van der Waals surface area contributed by atoms with Crippen LogP contribution in [-0.2, 0) is 23.1 Å². The second kappa shape index (κ2) is 10.4. The summed E-state index contributed by atoms with van der Waals surface area (Å²) in [4.78, 5) is 17.9. The molecular formula is C20H29N4O5P. The first kappa shape index (κ1) is 22.8. The van der Waals surface area contributed by atoms with Gasteiger partial charge in [0.25, 0.3) is 0 Å². The van der Waals surface area contributed by atoms with Crippen molar-refractivity contribution < 1.29 is 23.1 Å². The van der Waals surface area contributed by atoms with Crippen molar-refractivity contribution in [3.63, 3.8) is 0 Å². The van der Waals surface area contributed by atoms with Crippen molar-refractivity contribution >= 4 is 18.9 Å². The molecule has 0 saturated carbocycles. The van der Waals surface area contributed by atoms with Crippen LogP contribution in [0.1, 0.15) is 32.1 Å². The van der Waals surface area contributed by atoms with E-state index in [-0.39, 0.29) is 24.7 Å². The van der Waals surface area contributed by atoms with Gasteiger partial charge in [0.2, 0.25) is 0 Å². The zero-order chi connectivity index (χ0) is 21.6. The van der Waals surface area contributed by atoms with E-state index in [2.05, 4.69) is 14.9 Å². The normalized spacial score (nSPS) is 27.8. The predicted octanol–water partition coefficient (Wildman–Crippen LogP) is 3.65. The molecular weight excluding hydrogens is 407 g/mol. The topological polar surface area (TPSA) is 114 Å². The van der Waals surface area contributed by atoms with Gasteiger partial charge >= 0.3 is 13.6 Å². The van der Waals surface area contributed by atoms with Gasteiger partial charge in [-0.25, -0.2) is 0 Å². The summed E-state index contributed by atoms with van der Waals surface area (Å²) in [5.41, 5.74) is 8.31. The highest BCUT2D eigenvalue weighted by atomic mass is 31.2. The van der Waals surface area contributed by atoms with E-state index in [9.17, 15) is 9.36 Å². The highest BCUT2D eigenvalue weighted by molar-refractivity contribution is 7.62. The van der Waals surface area contributed by atoms with Gasteiger partial charge in [0.15, 0.2) is 0 Å². The zero-order valence-corrected chi connectivity index (χ0v) is 18.3. The van der Waals surface area contributed by atoms with Crippen LogP contribution < -0.4 is 5.30 Å². The Kier molecular flexibility index (Phi) is 7.92. The molecule has 0 aromatic heterocycles. The van der Waals surface area contributed by atoms with Crippen LogP contribution >= 0.6 is 7.60 Å². The first-order chi connectivity index (χ1) is 14.5. The summed E-state index contributed by atoms with van der Waals surface area (Å²) in [5.74, 6) is -0.866. The van der Waals surface area contributed by atoms with Crippen molar-refractivity contribution in [2.24, 2.45) is 11.0 Å². The number of hydrogen-bond acceptors (Lipinski definition) is 7. The van der Waals surface area contributed by atoms with Crippen molar-refractivity contribution in [3.8, 4) is 0 Å². The van der Waals surface area contributed by atoms with E-state index < -0.39 is 19.6 Å². The molecule has 4 unspecified atom stereocenters. The molecule has 5 atom stereocenters. The summed E-state index contributed by atoms with van der Waals surface area (Å²) in [6.45, 7) is 0.633. The van der Waals surface area contributed by atoms with Gasteiger partial charge < -0.3 is 13.8 Å². The second-order valence-corrected chi connectivity index (χ2v) is 9.80. The third-order valence-electron chi connectivity index (χ3n) is 6.03. The molecule has 1 aromatic rings. The van der Waals surface area contributed by atoms with E-state index in [4.69, 9.17) is 19.3 Å². The Balaban J connectivity index is 1.72. The van der Waals surface area contributed by atoms with Gasteiger partial charge in [-0.3, -0.25) is 14.3 Å². The molecule has 0 aliphatic carbocycles.